The number of rotatable bonds is 6. The summed E-state index contributed by atoms with van der Waals surface area (Å²) < 4.78 is 0. The number of primary amides is 1. The van der Waals surface area contributed by atoms with Gasteiger partial charge in [-0.2, -0.15) is 0 Å². The van der Waals surface area contributed by atoms with Gasteiger partial charge in [0.15, 0.2) is 5.13 Å². The summed E-state index contributed by atoms with van der Waals surface area (Å²) in [4.78, 5) is 31.1. The molecule has 138 valence electrons. The van der Waals surface area contributed by atoms with Crippen molar-refractivity contribution in [2.24, 2.45) is 5.73 Å². The van der Waals surface area contributed by atoms with Gasteiger partial charge >= 0.3 is 0 Å². The lowest BCUT2D eigenvalue weighted by Crippen LogP contribution is -2.39. The molecular weight excluding hydrogens is 360 g/mol. The van der Waals surface area contributed by atoms with E-state index in [4.69, 9.17) is 11.5 Å². The van der Waals surface area contributed by atoms with Crippen LogP contribution in [0, 0.1) is 6.92 Å². The van der Waals surface area contributed by atoms with Crippen LogP contribution in [-0.2, 0) is 4.79 Å². The molecule has 0 aliphatic heterocycles. The van der Waals surface area contributed by atoms with Gasteiger partial charge in [0.25, 0.3) is 0 Å². The maximum atomic E-state index is 12.8. The maximum Gasteiger partial charge on any atom is 0.240 e. The lowest BCUT2D eigenvalue weighted by Gasteiger charge is -2.27. The van der Waals surface area contributed by atoms with Crippen LogP contribution in [0.15, 0.2) is 54.6 Å². The highest BCUT2D eigenvalue weighted by atomic mass is 32.1. The molecular formula is C20H20N4O2S. The first-order chi connectivity index (χ1) is 12.9. The van der Waals surface area contributed by atoms with E-state index in [1.54, 1.807) is 36.1 Å². The Balaban J connectivity index is 2.06. The largest absolute Gasteiger partial charge is 0.382 e. The molecule has 0 aliphatic carbocycles. The molecule has 0 spiro atoms. The van der Waals surface area contributed by atoms with E-state index in [1.807, 2.05) is 37.3 Å². The van der Waals surface area contributed by atoms with Crippen molar-refractivity contribution in [3.63, 3.8) is 0 Å². The Hall–Kier alpha value is -3.19. The maximum absolute atomic E-state index is 12.8. The van der Waals surface area contributed by atoms with Gasteiger partial charge in [0.2, 0.25) is 11.7 Å². The van der Waals surface area contributed by atoms with Gasteiger partial charge in [0, 0.05) is 11.3 Å². The second-order valence-electron chi connectivity index (χ2n) is 6.19. The molecule has 0 saturated heterocycles. The van der Waals surface area contributed by atoms with Crippen LogP contribution in [0.5, 0.6) is 0 Å². The number of nitrogens with two attached hydrogens (primary N) is 2. The summed E-state index contributed by atoms with van der Waals surface area (Å²) in [6.07, 6.45) is 0. The Kier molecular flexibility index (Phi) is 5.23. The molecule has 0 radical (unpaired) electrons. The minimum Gasteiger partial charge on any atom is -0.382 e. The third-order valence-electron chi connectivity index (χ3n) is 4.17. The average Bonchev–Trinajstić information content (AvgIpc) is 3.03. The summed E-state index contributed by atoms with van der Waals surface area (Å²) in [5.74, 6) is -0.563. The highest BCUT2D eigenvalue weighted by Crippen LogP contribution is 2.36. The Labute approximate surface area is 161 Å². The van der Waals surface area contributed by atoms with E-state index in [0.717, 1.165) is 22.6 Å². The van der Waals surface area contributed by atoms with Gasteiger partial charge in [0.1, 0.15) is 16.7 Å². The fourth-order valence-electron chi connectivity index (χ4n) is 2.71. The SMILES string of the molecule is Cc1cccc(N(c2nc(N)c(C(=O)c3ccccc3)s2)[C@H](C)C(N)=O)c1. The van der Waals surface area contributed by atoms with Gasteiger partial charge in [-0.25, -0.2) is 4.98 Å². The van der Waals surface area contributed by atoms with Crippen molar-refractivity contribution < 1.29 is 9.59 Å². The number of nitrogens with zero attached hydrogens (tertiary/aromatic N) is 2. The fourth-order valence-corrected chi connectivity index (χ4v) is 3.76. The highest BCUT2D eigenvalue weighted by Gasteiger charge is 2.27. The second-order valence-corrected chi connectivity index (χ2v) is 7.17. The third kappa shape index (κ3) is 3.83. The predicted molar refractivity (Wildman–Crippen MR) is 108 cm³/mol. The molecule has 0 fully saturated rings. The van der Waals surface area contributed by atoms with Crippen LogP contribution in [0.3, 0.4) is 0 Å². The molecule has 1 aromatic heterocycles. The van der Waals surface area contributed by atoms with E-state index in [9.17, 15) is 9.59 Å². The van der Waals surface area contributed by atoms with E-state index in [2.05, 4.69) is 4.98 Å². The van der Waals surface area contributed by atoms with Crippen LogP contribution < -0.4 is 16.4 Å². The lowest BCUT2D eigenvalue weighted by molar-refractivity contribution is -0.118. The second kappa shape index (κ2) is 7.59. The molecule has 0 saturated carbocycles. The first-order valence-electron chi connectivity index (χ1n) is 8.39. The van der Waals surface area contributed by atoms with Crippen LogP contribution in [0.1, 0.15) is 27.7 Å². The van der Waals surface area contributed by atoms with Crippen molar-refractivity contribution in [3.8, 4) is 0 Å². The van der Waals surface area contributed by atoms with E-state index < -0.39 is 11.9 Å². The Morgan fingerprint density at radius 2 is 1.81 bits per heavy atom. The molecule has 1 heterocycles. The minimum atomic E-state index is -0.656. The molecule has 1 amide bonds. The summed E-state index contributed by atoms with van der Waals surface area (Å²) in [5, 5.41) is 0.448. The van der Waals surface area contributed by atoms with Crippen LogP contribution in [0.25, 0.3) is 0 Å². The summed E-state index contributed by atoms with van der Waals surface area (Å²) in [7, 11) is 0. The van der Waals surface area contributed by atoms with Crippen molar-refractivity contribution in [2.45, 2.75) is 19.9 Å². The van der Waals surface area contributed by atoms with E-state index in [1.165, 1.54) is 0 Å². The molecule has 6 nitrogen and oxygen atoms in total. The van der Waals surface area contributed by atoms with Gasteiger partial charge in [0.05, 0.1) is 0 Å². The quantitative estimate of drug-likeness (QED) is 0.639. The number of carbonyl (C=O) groups excluding carboxylic acids is 2. The van der Waals surface area contributed by atoms with Crippen LogP contribution in [-0.4, -0.2) is 22.7 Å². The number of hydrogen-bond acceptors (Lipinski definition) is 6. The first kappa shape index (κ1) is 18.6. The van der Waals surface area contributed by atoms with Gasteiger partial charge in [-0.05, 0) is 31.5 Å². The zero-order valence-electron chi connectivity index (χ0n) is 15.0. The minimum absolute atomic E-state index is 0.137. The van der Waals surface area contributed by atoms with Gasteiger partial charge in [-0.3, -0.25) is 9.59 Å². The molecule has 2 aromatic carbocycles. The van der Waals surface area contributed by atoms with Crippen molar-refractivity contribution in [1.29, 1.82) is 0 Å². The molecule has 0 aliphatic rings. The Bertz CT molecular complexity index is 985. The van der Waals surface area contributed by atoms with Crippen LogP contribution in [0.2, 0.25) is 0 Å². The van der Waals surface area contributed by atoms with Crippen molar-refractivity contribution in [1.82, 2.24) is 4.98 Å². The zero-order valence-corrected chi connectivity index (χ0v) is 15.9. The molecule has 0 unspecified atom stereocenters. The summed E-state index contributed by atoms with van der Waals surface area (Å²) >= 11 is 1.15. The number of ketones is 1. The smallest absolute Gasteiger partial charge is 0.240 e. The van der Waals surface area contributed by atoms with E-state index >= 15 is 0 Å². The standard InChI is InChI=1S/C20H20N4O2S/c1-12-7-6-10-15(11-12)24(13(2)19(22)26)20-23-18(21)17(27-20)16(25)14-8-4-3-5-9-14/h3-11,13H,21H2,1-2H3,(H2,22,26)/t13-/m1/s1. The van der Waals surface area contributed by atoms with E-state index in [-0.39, 0.29) is 11.6 Å². The molecule has 1 atom stereocenters. The summed E-state index contributed by atoms with van der Waals surface area (Å²) in [5.41, 5.74) is 13.9. The summed E-state index contributed by atoms with van der Waals surface area (Å²) in [6, 6.07) is 15.9. The molecule has 7 heteroatoms. The van der Waals surface area contributed by atoms with Gasteiger partial charge in [-0.1, -0.05) is 53.8 Å². The normalized spacial score (nSPS) is 11.8. The number of thiazole rings is 1. The topological polar surface area (TPSA) is 102 Å². The monoisotopic (exact) mass is 380 g/mol. The summed E-state index contributed by atoms with van der Waals surface area (Å²) in [6.45, 7) is 3.65. The first-order valence-corrected chi connectivity index (χ1v) is 9.21. The predicted octanol–water partition coefficient (Wildman–Crippen LogP) is 3.28. The number of aromatic nitrogens is 1. The Morgan fingerprint density at radius 3 is 2.44 bits per heavy atom. The molecule has 4 N–H and O–H groups in total. The number of carbonyl (C=O) groups is 2. The van der Waals surface area contributed by atoms with Gasteiger partial charge in [-0.15, -0.1) is 0 Å². The lowest BCUT2D eigenvalue weighted by atomic mass is 10.1. The van der Waals surface area contributed by atoms with Gasteiger partial charge < -0.3 is 16.4 Å². The van der Waals surface area contributed by atoms with Crippen molar-refractivity contribution >= 4 is 39.7 Å². The molecule has 3 aromatic rings. The van der Waals surface area contributed by atoms with E-state index in [0.29, 0.717) is 15.6 Å². The number of amides is 1. The Morgan fingerprint density at radius 1 is 1.11 bits per heavy atom. The molecule has 0 bridgehead atoms. The van der Waals surface area contributed by atoms with Crippen molar-refractivity contribution in [3.05, 3.63) is 70.6 Å². The number of nitrogen functional groups attached to an aromatic ring is 1. The van der Waals surface area contributed by atoms with Crippen molar-refractivity contribution in [2.75, 3.05) is 10.6 Å². The average molecular weight is 380 g/mol. The zero-order chi connectivity index (χ0) is 19.6. The number of anilines is 3. The number of hydrogen-bond donors (Lipinski definition) is 2. The number of benzene rings is 2. The highest BCUT2D eigenvalue weighted by molar-refractivity contribution is 7.18. The van der Waals surface area contributed by atoms with Crippen LogP contribution in [0.4, 0.5) is 16.6 Å². The number of aryl methyl sites for hydroxylation is 1. The molecule has 3 rings (SSSR count). The fraction of sp³-hybridized carbons (Fsp3) is 0.150. The van der Waals surface area contributed by atoms with Crippen LogP contribution >= 0.6 is 11.3 Å². The third-order valence-corrected chi connectivity index (χ3v) is 5.24. The molecule has 27 heavy (non-hydrogen) atoms.